The molecule has 1 N–H and O–H groups in total. The summed E-state index contributed by atoms with van der Waals surface area (Å²) in [6.07, 6.45) is 4.72. The largest absolute Gasteiger partial charge is 0.396 e. The van der Waals surface area contributed by atoms with Crippen LogP contribution in [0.5, 0.6) is 0 Å². The van der Waals surface area contributed by atoms with E-state index in [0.717, 1.165) is 29.0 Å². The summed E-state index contributed by atoms with van der Waals surface area (Å²) in [5, 5.41) is 9.80. The summed E-state index contributed by atoms with van der Waals surface area (Å²) in [6, 6.07) is 6.74. The highest BCUT2D eigenvalue weighted by Gasteiger charge is 2.24. The summed E-state index contributed by atoms with van der Waals surface area (Å²) in [4.78, 5) is 2.45. The van der Waals surface area contributed by atoms with Crippen LogP contribution in [0.1, 0.15) is 31.2 Å². The summed E-state index contributed by atoms with van der Waals surface area (Å²) >= 11 is 9.69. The Morgan fingerprint density at radius 2 is 2.17 bits per heavy atom. The van der Waals surface area contributed by atoms with Crippen molar-refractivity contribution in [3.05, 3.63) is 33.3 Å². The van der Waals surface area contributed by atoms with Crippen molar-refractivity contribution in [2.45, 2.75) is 38.3 Å². The van der Waals surface area contributed by atoms with Crippen molar-refractivity contribution in [3.8, 4) is 0 Å². The third kappa shape index (κ3) is 3.70. The lowest BCUT2D eigenvalue weighted by molar-refractivity contribution is 0.109. The second kappa shape index (κ2) is 6.90. The molecular formula is C14H19BrClNO. The molecule has 0 atom stereocenters. The van der Waals surface area contributed by atoms with Gasteiger partial charge in [0.1, 0.15) is 0 Å². The molecule has 0 aromatic heterocycles. The summed E-state index contributed by atoms with van der Waals surface area (Å²) in [5.41, 5.74) is 1.17. The van der Waals surface area contributed by atoms with Gasteiger partial charge in [-0.15, -0.1) is 0 Å². The first-order chi connectivity index (χ1) is 8.70. The third-order valence-electron chi connectivity index (χ3n) is 3.58. The molecule has 2 nitrogen and oxygen atoms in total. The van der Waals surface area contributed by atoms with Gasteiger partial charge < -0.3 is 5.11 Å². The maximum atomic E-state index is 8.99. The second-order valence-corrected chi connectivity index (χ2v) is 6.19. The minimum absolute atomic E-state index is 0.261. The molecule has 1 fully saturated rings. The summed E-state index contributed by atoms with van der Waals surface area (Å²) in [5.74, 6) is 0. The number of aliphatic hydroxyl groups is 1. The molecule has 0 unspecified atom stereocenters. The minimum Gasteiger partial charge on any atom is -0.396 e. The number of halogens is 2. The lowest BCUT2D eigenvalue weighted by atomic mass is 9.91. The quantitative estimate of drug-likeness (QED) is 0.855. The van der Waals surface area contributed by atoms with Gasteiger partial charge in [0.25, 0.3) is 0 Å². The van der Waals surface area contributed by atoms with Crippen LogP contribution in [-0.2, 0) is 6.54 Å². The number of benzene rings is 1. The van der Waals surface area contributed by atoms with Crippen molar-refractivity contribution >= 4 is 27.5 Å². The molecule has 0 heterocycles. The van der Waals surface area contributed by atoms with E-state index < -0.39 is 0 Å². The predicted molar refractivity (Wildman–Crippen MR) is 78.9 cm³/mol. The van der Waals surface area contributed by atoms with Crippen molar-refractivity contribution in [2.24, 2.45) is 0 Å². The van der Waals surface area contributed by atoms with Gasteiger partial charge in [-0.25, -0.2) is 0 Å². The smallest absolute Gasteiger partial charge is 0.0462 e. The average Bonchev–Trinajstić information content (AvgIpc) is 2.27. The third-order valence-corrected chi connectivity index (χ3v) is 4.43. The van der Waals surface area contributed by atoms with Gasteiger partial charge in [-0.1, -0.05) is 40.0 Å². The molecule has 0 spiro atoms. The van der Waals surface area contributed by atoms with Crippen LogP contribution in [0.2, 0.25) is 5.02 Å². The van der Waals surface area contributed by atoms with Crippen LogP contribution < -0.4 is 0 Å². The highest BCUT2D eigenvalue weighted by atomic mass is 79.9. The standard InChI is InChI=1S/C14H19BrClNO/c15-12-6-5-11(14(16)9-12)10-17(7-2-8-18)13-3-1-4-13/h5-6,9,13,18H,1-4,7-8,10H2. The molecule has 4 heteroatoms. The van der Waals surface area contributed by atoms with E-state index in [0.29, 0.717) is 6.04 Å². The van der Waals surface area contributed by atoms with Crippen molar-refractivity contribution in [2.75, 3.05) is 13.2 Å². The average molecular weight is 333 g/mol. The van der Waals surface area contributed by atoms with Gasteiger partial charge in [-0.2, -0.15) is 0 Å². The van der Waals surface area contributed by atoms with Gasteiger partial charge in [0.05, 0.1) is 0 Å². The summed E-state index contributed by atoms with van der Waals surface area (Å²) in [6.45, 7) is 2.10. The number of rotatable bonds is 6. The lowest BCUT2D eigenvalue weighted by Crippen LogP contribution is -2.40. The van der Waals surface area contributed by atoms with Crippen LogP contribution in [-0.4, -0.2) is 29.2 Å². The van der Waals surface area contributed by atoms with Crippen molar-refractivity contribution in [1.82, 2.24) is 4.90 Å². The maximum absolute atomic E-state index is 8.99. The fourth-order valence-corrected chi connectivity index (χ4v) is 3.02. The summed E-state index contributed by atoms with van der Waals surface area (Å²) < 4.78 is 1.02. The van der Waals surface area contributed by atoms with Gasteiger partial charge in [0.15, 0.2) is 0 Å². The molecule has 100 valence electrons. The van der Waals surface area contributed by atoms with Crippen LogP contribution in [0.15, 0.2) is 22.7 Å². The van der Waals surface area contributed by atoms with Crippen LogP contribution >= 0.6 is 27.5 Å². The zero-order valence-electron chi connectivity index (χ0n) is 10.4. The monoisotopic (exact) mass is 331 g/mol. The fourth-order valence-electron chi connectivity index (χ4n) is 2.29. The van der Waals surface area contributed by atoms with Crippen LogP contribution in [0.4, 0.5) is 0 Å². The van der Waals surface area contributed by atoms with Crippen molar-refractivity contribution in [1.29, 1.82) is 0 Å². The molecule has 0 bridgehead atoms. The molecule has 0 aliphatic heterocycles. The molecule has 1 aromatic rings. The zero-order valence-corrected chi connectivity index (χ0v) is 12.8. The van der Waals surface area contributed by atoms with Crippen LogP contribution in [0, 0.1) is 0 Å². The van der Waals surface area contributed by atoms with Crippen molar-refractivity contribution in [3.63, 3.8) is 0 Å². The fraction of sp³-hybridized carbons (Fsp3) is 0.571. The highest BCUT2D eigenvalue weighted by molar-refractivity contribution is 9.10. The van der Waals surface area contributed by atoms with Gasteiger partial charge in [-0.05, 0) is 37.0 Å². The van der Waals surface area contributed by atoms with E-state index in [1.165, 1.54) is 24.8 Å². The Balaban J connectivity index is 2.02. The molecule has 1 saturated carbocycles. The first kappa shape index (κ1) is 14.3. The second-order valence-electron chi connectivity index (χ2n) is 4.87. The lowest BCUT2D eigenvalue weighted by Gasteiger charge is -2.37. The Bertz CT molecular complexity index is 395. The minimum atomic E-state index is 0.261. The van der Waals surface area contributed by atoms with E-state index in [4.69, 9.17) is 16.7 Å². The number of nitrogens with zero attached hydrogens (tertiary/aromatic N) is 1. The molecule has 1 aromatic carbocycles. The molecular weight excluding hydrogens is 314 g/mol. The SMILES string of the molecule is OCCCN(Cc1ccc(Br)cc1Cl)C1CCC1. The van der Waals surface area contributed by atoms with E-state index in [9.17, 15) is 0 Å². The first-order valence-corrected chi connectivity index (χ1v) is 7.66. The van der Waals surface area contributed by atoms with Gasteiger partial charge >= 0.3 is 0 Å². The highest BCUT2D eigenvalue weighted by Crippen LogP contribution is 2.29. The first-order valence-electron chi connectivity index (χ1n) is 6.49. The van der Waals surface area contributed by atoms with Gasteiger partial charge in [0, 0.05) is 35.2 Å². The van der Waals surface area contributed by atoms with Gasteiger partial charge in [-0.3, -0.25) is 4.90 Å². The Labute approximate surface area is 122 Å². The Morgan fingerprint density at radius 3 is 2.72 bits per heavy atom. The molecule has 0 amide bonds. The van der Waals surface area contributed by atoms with E-state index in [1.807, 2.05) is 12.1 Å². The summed E-state index contributed by atoms with van der Waals surface area (Å²) in [7, 11) is 0. The Morgan fingerprint density at radius 1 is 1.39 bits per heavy atom. The molecule has 0 saturated heterocycles. The number of hydrogen-bond acceptors (Lipinski definition) is 2. The Hall–Kier alpha value is -0.0900. The van der Waals surface area contributed by atoms with Crippen molar-refractivity contribution < 1.29 is 5.11 Å². The van der Waals surface area contributed by atoms with Crippen LogP contribution in [0.3, 0.4) is 0 Å². The molecule has 1 aliphatic rings. The number of hydrogen-bond donors (Lipinski definition) is 1. The van der Waals surface area contributed by atoms with E-state index in [2.05, 4.69) is 26.9 Å². The maximum Gasteiger partial charge on any atom is 0.0462 e. The molecule has 2 rings (SSSR count). The Kier molecular flexibility index (Phi) is 5.49. The predicted octanol–water partition coefficient (Wildman–Crippen LogP) is 3.84. The molecule has 18 heavy (non-hydrogen) atoms. The van der Waals surface area contributed by atoms with Gasteiger partial charge in [0.2, 0.25) is 0 Å². The zero-order chi connectivity index (χ0) is 13.0. The van der Waals surface area contributed by atoms with E-state index >= 15 is 0 Å². The van der Waals surface area contributed by atoms with E-state index in [-0.39, 0.29) is 6.61 Å². The molecule has 1 aliphatic carbocycles. The number of aliphatic hydroxyl groups excluding tert-OH is 1. The molecule has 0 radical (unpaired) electrons. The normalized spacial score (nSPS) is 16.0. The van der Waals surface area contributed by atoms with E-state index in [1.54, 1.807) is 0 Å². The van der Waals surface area contributed by atoms with Crippen LogP contribution in [0.25, 0.3) is 0 Å². The topological polar surface area (TPSA) is 23.5 Å².